The Morgan fingerprint density at radius 1 is 1.13 bits per heavy atom. The fraction of sp³-hybridized carbons (Fsp3) is 0.571. The minimum atomic E-state index is 0.604. The molecule has 0 amide bonds. The molecule has 0 saturated heterocycles. The molecule has 1 unspecified atom stereocenters. The molecule has 1 nitrogen and oxygen atoms in total. The van der Waals surface area contributed by atoms with Gasteiger partial charge in [0.05, 0.1) is 0 Å². The maximum Gasteiger partial charge on any atom is -0.00432 e. The monoisotopic (exact) mass is 205 g/mol. The fourth-order valence-electron chi connectivity index (χ4n) is 1.82. The van der Waals surface area contributed by atoms with E-state index in [1.807, 2.05) is 0 Å². The predicted molar refractivity (Wildman–Crippen MR) is 67.0 cm³/mol. The van der Waals surface area contributed by atoms with Gasteiger partial charge in [-0.05, 0) is 55.3 Å². The van der Waals surface area contributed by atoms with Gasteiger partial charge in [-0.15, -0.1) is 0 Å². The molecule has 0 saturated carbocycles. The molecule has 15 heavy (non-hydrogen) atoms. The summed E-state index contributed by atoms with van der Waals surface area (Å²) in [5, 5.41) is 0. The second-order valence-electron chi connectivity index (χ2n) is 4.86. The van der Waals surface area contributed by atoms with Crippen LogP contribution in [0.25, 0.3) is 0 Å². The first kappa shape index (κ1) is 12.3. The molecule has 0 radical (unpaired) electrons. The summed E-state index contributed by atoms with van der Waals surface area (Å²) in [5.41, 5.74) is 9.96. The number of hydrogen-bond donors (Lipinski definition) is 1. The van der Waals surface area contributed by atoms with Crippen molar-refractivity contribution in [3.63, 3.8) is 0 Å². The zero-order chi connectivity index (χ0) is 11.4. The maximum atomic E-state index is 5.79. The SMILES string of the molecule is Cc1ccc(CC(CN)C(C)C)cc1C. The van der Waals surface area contributed by atoms with Gasteiger partial charge in [0.2, 0.25) is 0 Å². The lowest BCUT2D eigenvalue weighted by Gasteiger charge is -2.19. The van der Waals surface area contributed by atoms with E-state index in [0.717, 1.165) is 13.0 Å². The summed E-state index contributed by atoms with van der Waals surface area (Å²) >= 11 is 0. The minimum absolute atomic E-state index is 0.604. The Labute approximate surface area is 93.7 Å². The van der Waals surface area contributed by atoms with Gasteiger partial charge >= 0.3 is 0 Å². The first-order chi connectivity index (χ1) is 7.04. The Bertz CT molecular complexity index is 315. The maximum absolute atomic E-state index is 5.79. The van der Waals surface area contributed by atoms with Crippen LogP contribution in [-0.2, 0) is 6.42 Å². The summed E-state index contributed by atoms with van der Waals surface area (Å²) in [6.45, 7) is 9.61. The van der Waals surface area contributed by atoms with Gasteiger partial charge in [0, 0.05) is 0 Å². The van der Waals surface area contributed by atoms with E-state index in [4.69, 9.17) is 5.73 Å². The number of hydrogen-bond acceptors (Lipinski definition) is 1. The van der Waals surface area contributed by atoms with E-state index in [0.29, 0.717) is 11.8 Å². The predicted octanol–water partition coefficient (Wildman–Crippen LogP) is 3.08. The number of nitrogens with two attached hydrogens (primary N) is 1. The van der Waals surface area contributed by atoms with Crippen molar-refractivity contribution in [3.05, 3.63) is 34.9 Å². The normalized spacial score (nSPS) is 13.2. The Kier molecular flexibility index (Phi) is 4.34. The fourth-order valence-corrected chi connectivity index (χ4v) is 1.82. The molecule has 0 aliphatic carbocycles. The number of aryl methyl sites for hydroxylation is 2. The van der Waals surface area contributed by atoms with Crippen LogP contribution in [0, 0.1) is 25.7 Å². The molecule has 0 fully saturated rings. The lowest BCUT2D eigenvalue weighted by Crippen LogP contribution is -2.22. The molecule has 84 valence electrons. The Morgan fingerprint density at radius 3 is 2.27 bits per heavy atom. The lowest BCUT2D eigenvalue weighted by molar-refractivity contribution is 0.392. The third kappa shape index (κ3) is 3.35. The van der Waals surface area contributed by atoms with Crippen LogP contribution in [-0.4, -0.2) is 6.54 Å². The lowest BCUT2D eigenvalue weighted by atomic mass is 9.88. The van der Waals surface area contributed by atoms with Crippen molar-refractivity contribution in [1.29, 1.82) is 0 Å². The van der Waals surface area contributed by atoms with Crippen LogP contribution in [0.5, 0.6) is 0 Å². The zero-order valence-electron chi connectivity index (χ0n) is 10.4. The average Bonchev–Trinajstić information content (AvgIpc) is 2.19. The van der Waals surface area contributed by atoms with Crippen LogP contribution in [0.1, 0.15) is 30.5 Å². The molecular weight excluding hydrogens is 182 g/mol. The molecule has 0 bridgehead atoms. The van der Waals surface area contributed by atoms with Crippen LogP contribution in [0.15, 0.2) is 18.2 Å². The third-order valence-electron chi connectivity index (χ3n) is 3.31. The van der Waals surface area contributed by atoms with E-state index in [1.165, 1.54) is 16.7 Å². The van der Waals surface area contributed by atoms with Crippen molar-refractivity contribution < 1.29 is 0 Å². The van der Waals surface area contributed by atoms with Crippen LogP contribution < -0.4 is 5.73 Å². The molecule has 0 spiro atoms. The molecule has 0 heterocycles. The van der Waals surface area contributed by atoms with E-state index >= 15 is 0 Å². The average molecular weight is 205 g/mol. The molecule has 1 rings (SSSR count). The molecule has 1 aromatic carbocycles. The zero-order valence-corrected chi connectivity index (χ0v) is 10.4. The summed E-state index contributed by atoms with van der Waals surface area (Å²) in [6.07, 6.45) is 1.11. The van der Waals surface area contributed by atoms with Gasteiger partial charge in [0.15, 0.2) is 0 Å². The summed E-state index contributed by atoms with van der Waals surface area (Å²) in [6, 6.07) is 6.73. The van der Waals surface area contributed by atoms with Crippen LogP contribution in [0.2, 0.25) is 0 Å². The van der Waals surface area contributed by atoms with Gasteiger partial charge in [-0.2, -0.15) is 0 Å². The summed E-state index contributed by atoms with van der Waals surface area (Å²) < 4.78 is 0. The van der Waals surface area contributed by atoms with Gasteiger partial charge in [-0.1, -0.05) is 32.0 Å². The van der Waals surface area contributed by atoms with E-state index in [-0.39, 0.29) is 0 Å². The highest BCUT2D eigenvalue weighted by molar-refractivity contribution is 5.30. The second-order valence-corrected chi connectivity index (χ2v) is 4.86. The first-order valence-corrected chi connectivity index (χ1v) is 5.80. The highest BCUT2D eigenvalue weighted by Gasteiger charge is 2.12. The second kappa shape index (κ2) is 5.32. The molecule has 1 atom stereocenters. The molecule has 0 aliphatic rings. The number of rotatable bonds is 4. The van der Waals surface area contributed by atoms with Crippen molar-refractivity contribution in [3.8, 4) is 0 Å². The molecule has 0 aromatic heterocycles. The van der Waals surface area contributed by atoms with E-state index in [2.05, 4.69) is 45.9 Å². The van der Waals surface area contributed by atoms with Gasteiger partial charge in [0.25, 0.3) is 0 Å². The third-order valence-corrected chi connectivity index (χ3v) is 3.31. The Morgan fingerprint density at radius 2 is 1.80 bits per heavy atom. The van der Waals surface area contributed by atoms with Crippen molar-refractivity contribution >= 4 is 0 Å². The van der Waals surface area contributed by atoms with Gasteiger partial charge < -0.3 is 5.73 Å². The van der Waals surface area contributed by atoms with E-state index in [1.54, 1.807) is 0 Å². The molecule has 0 aliphatic heterocycles. The largest absolute Gasteiger partial charge is 0.330 e. The molecular formula is C14H23N. The van der Waals surface area contributed by atoms with Gasteiger partial charge in [-0.3, -0.25) is 0 Å². The Hall–Kier alpha value is -0.820. The molecule has 1 heteroatoms. The van der Waals surface area contributed by atoms with Crippen molar-refractivity contribution in [2.75, 3.05) is 6.54 Å². The van der Waals surface area contributed by atoms with Crippen molar-refractivity contribution in [2.45, 2.75) is 34.1 Å². The first-order valence-electron chi connectivity index (χ1n) is 5.80. The highest BCUT2D eigenvalue weighted by Crippen LogP contribution is 2.18. The van der Waals surface area contributed by atoms with Crippen LogP contribution in [0.4, 0.5) is 0 Å². The number of benzene rings is 1. The summed E-state index contributed by atoms with van der Waals surface area (Å²) in [7, 11) is 0. The van der Waals surface area contributed by atoms with E-state index in [9.17, 15) is 0 Å². The molecule has 1 aromatic rings. The minimum Gasteiger partial charge on any atom is -0.330 e. The molecule has 2 N–H and O–H groups in total. The van der Waals surface area contributed by atoms with Gasteiger partial charge in [0.1, 0.15) is 0 Å². The smallest absolute Gasteiger partial charge is 0.00432 e. The summed E-state index contributed by atoms with van der Waals surface area (Å²) in [4.78, 5) is 0. The standard InChI is InChI=1S/C14H23N/c1-10(2)14(9-15)8-13-6-5-11(3)12(4)7-13/h5-7,10,14H,8-9,15H2,1-4H3. The summed E-state index contributed by atoms with van der Waals surface area (Å²) in [5.74, 6) is 1.27. The Balaban J connectivity index is 2.75. The van der Waals surface area contributed by atoms with E-state index < -0.39 is 0 Å². The highest BCUT2D eigenvalue weighted by atomic mass is 14.5. The topological polar surface area (TPSA) is 26.0 Å². The van der Waals surface area contributed by atoms with Crippen molar-refractivity contribution in [2.24, 2.45) is 17.6 Å². The van der Waals surface area contributed by atoms with Crippen molar-refractivity contribution in [1.82, 2.24) is 0 Å². The van der Waals surface area contributed by atoms with Crippen LogP contribution >= 0.6 is 0 Å². The van der Waals surface area contributed by atoms with Gasteiger partial charge in [-0.25, -0.2) is 0 Å². The van der Waals surface area contributed by atoms with Crippen LogP contribution in [0.3, 0.4) is 0 Å². The quantitative estimate of drug-likeness (QED) is 0.803.